The highest BCUT2D eigenvalue weighted by Gasteiger charge is 1.90. The summed E-state index contributed by atoms with van der Waals surface area (Å²) in [6.07, 6.45) is 1.47. The number of halogens is 1. The zero-order chi connectivity index (χ0) is 7.15. The van der Waals surface area contributed by atoms with Gasteiger partial charge in [-0.25, -0.2) is 4.79 Å². The van der Waals surface area contributed by atoms with E-state index in [1.807, 2.05) is 0 Å². The van der Waals surface area contributed by atoms with Gasteiger partial charge >= 0.3 is 5.97 Å². The largest absolute Gasteiger partial charge is 0.478 e. The summed E-state index contributed by atoms with van der Waals surface area (Å²) in [7, 11) is 0. The van der Waals surface area contributed by atoms with Gasteiger partial charge in [0.1, 0.15) is 0 Å². The summed E-state index contributed by atoms with van der Waals surface area (Å²) in [6.45, 7) is 4.60. The number of carbonyl (C=O) groups is 1. The van der Waals surface area contributed by atoms with Crippen molar-refractivity contribution in [1.29, 1.82) is 0 Å². The van der Waals surface area contributed by atoms with Gasteiger partial charge < -0.3 is 5.11 Å². The molecule has 0 saturated heterocycles. The van der Waals surface area contributed by atoms with Crippen molar-refractivity contribution in [1.82, 2.24) is 0 Å². The van der Waals surface area contributed by atoms with Crippen molar-refractivity contribution in [2.24, 2.45) is 0 Å². The molecule has 48 valence electrons. The Kier molecular flexibility index (Phi) is 8.51. The summed E-state index contributed by atoms with van der Waals surface area (Å²) in [6, 6.07) is 0. The molecule has 0 amide bonds. The number of carboxylic acids is 1. The van der Waals surface area contributed by atoms with Crippen LogP contribution >= 0.6 is 11.6 Å². The molecule has 0 unspecified atom stereocenters. The molecular weight excluding hydrogens is 128 g/mol. The average molecular weight is 137 g/mol. The van der Waals surface area contributed by atoms with Crippen molar-refractivity contribution in [3.05, 3.63) is 12.2 Å². The first-order chi connectivity index (χ1) is 3.64. The zero-order valence-corrected chi connectivity index (χ0v) is 5.70. The van der Waals surface area contributed by atoms with E-state index in [9.17, 15) is 4.79 Å². The van der Waals surface area contributed by atoms with Crippen LogP contribution in [0.3, 0.4) is 0 Å². The molecular formula is C5H9ClO2. The number of rotatable bonds is 1. The van der Waals surface area contributed by atoms with Crippen LogP contribution in [0, 0.1) is 0 Å². The topological polar surface area (TPSA) is 37.3 Å². The smallest absolute Gasteiger partial charge is 0.330 e. The Morgan fingerprint density at radius 2 is 1.75 bits per heavy atom. The molecule has 0 bridgehead atoms. The van der Waals surface area contributed by atoms with E-state index >= 15 is 0 Å². The lowest BCUT2D eigenvalue weighted by Crippen LogP contribution is -1.92. The van der Waals surface area contributed by atoms with E-state index in [1.165, 1.54) is 13.3 Å². The SMILES string of the molecule is C=C(C)C(=O)O.CCl. The fourth-order valence-electron chi connectivity index (χ4n) is 0. The van der Waals surface area contributed by atoms with E-state index in [4.69, 9.17) is 5.11 Å². The van der Waals surface area contributed by atoms with Crippen LogP contribution in [0.4, 0.5) is 0 Å². The minimum Gasteiger partial charge on any atom is -0.478 e. The monoisotopic (exact) mass is 136 g/mol. The Morgan fingerprint density at radius 3 is 1.75 bits per heavy atom. The van der Waals surface area contributed by atoms with Gasteiger partial charge in [0, 0.05) is 12.0 Å². The van der Waals surface area contributed by atoms with E-state index in [0.29, 0.717) is 0 Å². The highest BCUT2D eigenvalue weighted by atomic mass is 35.5. The summed E-state index contributed by atoms with van der Waals surface area (Å²) in [4.78, 5) is 9.60. The van der Waals surface area contributed by atoms with Crippen molar-refractivity contribution in [2.45, 2.75) is 6.92 Å². The molecule has 3 heteroatoms. The van der Waals surface area contributed by atoms with Crippen LogP contribution in [0.25, 0.3) is 0 Å². The van der Waals surface area contributed by atoms with Crippen LogP contribution < -0.4 is 0 Å². The molecule has 0 saturated carbocycles. The lowest BCUT2D eigenvalue weighted by atomic mass is 10.4. The van der Waals surface area contributed by atoms with Crippen molar-refractivity contribution in [3.63, 3.8) is 0 Å². The maximum Gasteiger partial charge on any atom is 0.330 e. The highest BCUT2D eigenvalue weighted by molar-refractivity contribution is 6.15. The highest BCUT2D eigenvalue weighted by Crippen LogP contribution is 1.81. The van der Waals surface area contributed by atoms with E-state index < -0.39 is 5.97 Å². The maximum atomic E-state index is 9.60. The van der Waals surface area contributed by atoms with Crippen molar-refractivity contribution >= 4 is 17.6 Å². The second-order valence-corrected chi connectivity index (χ2v) is 1.09. The van der Waals surface area contributed by atoms with Gasteiger partial charge in [-0.05, 0) is 6.92 Å². The minimum atomic E-state index is -0.935. The molecule has 0 fully saturated rings. The molecule has 0 aromatic heterocycles. The van der Waals surface area contributed by atoms with E-state index in [1.54, 1.807) is 0 Å². The van der Waals surface area contributed by atoms with Crippen LogP contribution in [-0.4, -0.2) is 17.5 Å². The van der Waals surface area contributed by atoms with Crippen LogP contribution in [0.5, 0.6) is 0 Å². The van der Waals surface area contributed by atoms with Crippen molar-refractivity contribution in [3.8, 4) is 0 Å². The summed E-state index contributed by atoms with van der Waals surface area (Å²) in [5.41, 5.74) is 0.176. The molecule has 2 nitrogen and oxygen atoms in total. The van der Waals surface area contributed by atoms with E-state index in [2.05, 4.69) is 18.2 Å². The molecule has 0 heterocycles. The molecule has 0 aliphatic carbocycles. The Labute approximate surface area is 53.8 Å². The third-order valence-corrected chi connectivity index (χ3v) is 0.365. The van der Waals surface area contributed by atoms with Gasteiger partial charge in [-0.1, -0.05) is 6.58 Å². The van der Waals surface area contributed by atoms with Crippen LogP contribution in [0.2, 0.25) is 0 Å². The first kappa shape index (κ1) is 10.5. The Hall–Kier alpha value is -0.500. The first-order valence-electron chi connectivity index (χ1n) is 1.91. The van der Waals surface area contributed by atoms with Crippen LogP contribution in [-0.2, 0) is 4.79 Å². The van der Waals surface area contributed by atoms with Gasteiger partial charge in [0.15, 0.2) is 0 Å². The summed E-state index contributed by atoms with van der Waals surface area (Å²) >= 11 is 4.64. The number of carboxylic acid groups (broad SMARTS) is 1. The standard InChI is InChI=1S/C4H6O2.CH3Cl/c1-3(2)4(5)6;1-2/h1H2,2H3,(H,5,6);1H3. The number of hydrogen-bond acceptors (Lipinski definition) is 1. The maximum absolute atomic E-state index is 9.60. The van der Waals surface area contributed by atoms with E-state index in [0.717, 1.165) is 0 Å². The number of hydrogen-bond donors (Lipinski definition) is 1. The summed E-state index contributed by atoms with van der Waals surface area (Å²) in [5.74, 6) is -0.935. The summed E-state index contributed by atoms with van der Waals surface area (Å²) in [5, 5.41) is 7.89. The Morgan fingerprint density at radius 1 is 1.62 bits per heavy atom. The Balaban J connectivity index is 0. The predicted octanol–water partition coefficient (Wildman–Crippen LogP) is 1.50. The van der Waals surface area contributed by atoms with Crippen molar-refractivity contribution < 1.29 is 9.90 Å². The van der Waals surface area contributed by atoms with Gasteiger partial charge in [0.05, 0.1) is 0 Å². The van der Waals surface area contributed by atoms with E-state index in [-0.39, 0.29) is 5.57 Å². The van der Waals surface area contributed by atoms with Crippen molar-refractivity contribution in [2.75, 3.05) is 6.38 Å². The molecule has 1 N–H and O–H groups in total. The zero-order valence-electron chi connectivity index (χ0n) is 4.94. The molecule has 0 spiro atoms. The normalized spacial score (nSPS) is 6.38. The fourth-order valence-corrected chi connectivity index (χ4v) is 0. The molecule has 0 aromatic rings. The lowest BCUT2D eigenvalue weighted by molar-refractivity contribution is -0.132. The van der Waals surface area contributed by atoms with Gasteiger partial charge in [-0.15, -0.1) is 11.6 Å². The van der Waals surface area contributed by atoms with Gasteiger partial charge in [0.2, 0.25) is 0 Å². The van der Waals surface area contributed by atoms with Crippen LogP contribution in [0.15, 0.2) is 12.2 Å². The average Bonchev–Trinajstić information content (AvgIpc) is 1.72. The lowest BCUT2D eigenvalue weighted by Gasteiger charge is -1.79. The third-order valence-electron chi connectivity index (χ3n) is 0.365. The molecule has 0 aliphatic heterocycles. The molecule has 8 heavy (non-hydrogen) atoms. The predicted molar refractivity (Wildman–Crippen MR) is 34.2 cm³/mol. The molecule has 0 rings (SSSR count). The van der Waals surface area contributed by atoms with Gasteiger partial charge in [-0.3, -0.25) is 0 Å². The molecule has 0 aromatic carbocycles. The molecule has 0 atom stereocenters. The molecule has 0 aliphatic rings. The fraction of sp³-hybridized carbons (Fsp3) is 0.400. The number of aliphatic carboxylic acids is 1. The third kappa shape index (κ3) is 9.09. The second kappa shape index (κ2) is 6.50. The molecule has 0 radical (unpaired) electrons. The first-order valence-corrected chi connectivity index (χ1v) is 2.67. The quantitative estimate of drug-likeness (QED) is 0.438. The van der Waals surface area contributed by atoms with Gasteiger partial charge in [0.25, 0.3) is 0 Å². The summed E-state index contributed by atoms with van der Waals surface area (Å²) < 4.78 is 0. The van der Waals surface area contributed by atoms with Crippen LogP contribution in [0.1, 0.15) is 6.92 Å². The second-order valence-electron chi connectivity index (χ2n) is 1.09. The number of alkyl halides is 1. The Bertz CT molecular complexity index is 76.4. The van der Waals surface area contributed by atoms with Gasteiger partial charge in [-0.2, -0.15) is 0 Å². The minimum absolute atomic E-state index is 0.176.